The maximum absolute atomic E-state index is 14.1. The average molecular weight is 589 g/mol. The van der Waals surface area contributed by atoms with Crippen LogP contribution >= 0.6 is 11.3 Å². The molecule has 2 aromatic rings. The van der Waals surface area contributed by atoms with Crippen molar-refractivity contribution < 1.29 is 23.1 Å². The van der Waals surface area contributed by atoms with Crippen LogP contribution in [0.2, 0.25) is 0 Å². The Hall–Kier alpha value is -3.01. The molecule has 10 nitrogen and oxygen atoms in total. The molecule has 2 aliphatic rings. The maximum Gasteiger partial charge on any atom is 0.348 e. The number of carboxylic acids is 1. The fraction of sp³-hybridized carbons (Fsp3) is 0.571. The third kappa shape index (κ3) is 6.82. The molecule has 0 bridgehead atoms. The molecule has 40 heavy (non-hydrogen) atoms. The van der Waals surface area contributed by atoms with E-state index < -0.39 is 21.7 Å². The van der Waals surface area contributed by atoms with E-state index in [1.54, 1.807) is 11.0 Å². The van der Waals surface area contributed by atoms with Gasteiger partial charge >= 0.3 is 11.7 Å². The number of carbonyl (C=O) groups excluding carboxylic acids is 1. The monoisotopic (exact) mass is 588 g/mol. The number of aromatic carboxylic acids is 1. The Bertz CT molecular complexity index is 1460. The van der Waals surface area contributed by atoms with Gasteiger partial charge in [0.05, 0.1) is 16.8 Å². The molecule has 1 saturated heterocycles. The van der Waals surface area contributed by atoms with Crippen LogP contribution in [0.1, 0.15) is 80.8 Å². The van der Waals surface area contributed by atoms with E-state index in [1.807, 2.05) is 20.8 Å². The van der Waals surface area contributed by atoms with E-state index in [0.29, 0.717) is 29.3 Å². The number of H-pyrrole nitrogens is 1. The molecule has 12 heteroatoms. The van der Waals surface area contributed by atoms with Crippen LogP contribution < -0.4 is 10.6 Å². The van der Waals surface area contributed by atoms with Crippen molar-refractivity contribution in [2.24, 2.45) is 17.3 Å². The zero-order valence-electron chi connectivity index (χ0n) is 23.3. The van der Waals surface area contributed by atoms with E-state index in [2.05, 4.69) is 28.7 Å². The lowest BCUT2D eigenvalue weighted by Gasteiger charge is -2.40. The molecule has 0 unspecified atom stereocenters. The van der Waals surface area contributed by atoms with Gasteiger partial charge in [-0.15, -0.1) is 11.3 Å². The van der Waals surface area contributed by atoms with Crippen molar-refractivity contribution in [3.05, 3.63) is 38.7 Å². The molecule has 2 fully saturated rings. The second kappa shape index (κ2) is 11.8. The number of carbonyl (C=O) groups is 2. The number of hydrogen-bond donors (Lipinski definition) is 2. The SMILES string of the molecule is CC1CCC(C(=O)N(c2cc(C#CC(C)(C)C)sc2C(=O)O)C2CCN(S(=O)(=O)c3cnc(=O)[nH]c3)CC2)CC1. The Labute approximate surface area is 238 Å². The molecule has 0 aromatic carbocycles. The zero-order chi connectivity index (χ0) is 29.2. The molecule has 1 aliphatic heterocycles. The number of amides is 1. The Balaban J connectivity index is 1.66. The average Bonchev–Trinajstić information content (AvgIpc) is 3.32. The predicted octanol–water partition coefficient (Wildman–Crippen LogP) is 3.94. The molecule has 2 aromatic heterocycles. The predicted molar refractivity (Wildman–Crippen MR) is 153 cm³/mol. The van der Waals surface area contributed by atoms with Gasteiger partial charge in [0.1, 0.15) is 9.77 Å². The largest absolute Gasteiger partial charge is 0.477 e. The zero-order valence-corrected chi connectivity index (χ0v) is 24.9. The lowest BCUT2D eigenvalue weighted by atomic mass is 9.82. The van der Waals surface area contributed by atoms with Crippen LogP contribution in [-0.4, -0.2) is 58.8 Å². The van der Waals surface area contributed by atoms with Crippen molar-refractivity contribution in [1.29, 1.82) is 0 Å². The molecule has 1 aliphatic carbocycles. The Morgan fingerprint density at radius 1 is 1.15 bits per heavy atom. The lowest BCUT2D eigenvalue weighted by Crippen LogP contribution is -2.51. The molecular weight excluding hydrogens is 552 g/mol. The van der Waals surface area contributed by atoms with Gasteiger partial charge in [-0.3, -0.25) is 4.79 Å². The highest BCUT2D eigenvalue weighted by atomic mass is 32.2. The van der Waals surface area contributed by atoms with E-state index in [9.17, 15) is 27.9 Å². The van der Waals surface area contributed by atoms with Gasteiger partial charge in [-0.25, -0.2) is 23.0 Å². The summed E-state index contributed by atoms with van der Waals surface area (Å²) >= 11 is 1.06. The van der Waals surface area contributed by atoms with E-state index in [1.165, 1.54) is 4.31 Å². The fourth-order valence-corrected chi connectivity index (χ4v) is 7.41. The summed E-state index contributed by atoms with van der Waals surface area (Å²) in [4.78, 5) is 45.7. The van der Waals surface area contributed by atoms with Crippen LogP contribution in [0.25, 0.3) is 0 Å². The first kappa shape index (κ1) is 30.0. The molecule has 0 radical (unpaired) electrons. The summed E-state index contributed by atoms with van der Waals surface area (Å²) in [5.41, 5.74) is -0.576. The standard InChI is InChI=1S/C28H36N4O6S2/c1-18-5-7-19(8-6-18)25(33)32(23-15-21(9-12-28(2,3)4)39-24(23)26(34)35)20-10-13-31(14-11-20)40(37,38)22-16-29-27(36)30-17-22/h15-20H,5-8,10-11,13-14H2,1-4H3,(H,34,35)(H,29,30,36). The summed E-state index contributed by atoms with van der Waals surface area (Å²) in [5, 5.41) is 10.1. The number of anilines is 1. The van der Waals surface area contributed by atoms with Gasteiger partial charge in [0, 0.05) is 36.7 Å². The third-order valence-corrected chi connectivity index (χ3v) is 10.3. The van der Waals surface area contributed by atoms with Crippen molar-refractivity contribution in [2.75, 3.05) is 18.0 Å². The topological polar surface area (TPSA) is 141 Å². The molecule has 4 rings (SSSR count). The number of hydrogen-bond acceptors (Lipinski definition) is 7. The van der Waals surface area contributed by atoms with Crippen molar-refractivity contribution in [3.8, 4) is 11.8 Å². The first-order valence-electron chi connectivity index (χ1n) is 13.5. The van der Waals surface area contributed by atoms with Gasteiger partial charge < -0.3 is 15.0 Å². The summed E-state index contributed by atoms with van der Waals surface area (Å²) in [7, 11) is -3.89. The molecule has 0 atom stereocenters. The van der Waals surface area contributed by atoms with Crippen molar-refractivity contribution in [2.45, 2.75) is 77.2 Å². The fourth-order valence-electron chi connectivity index (χ4n) is 5.18. The highest BCUT2D eigenvalue weighted by molar-refractivity contribution is 7.89. The van der Waals surface area contributed by atoms with Crippen LogP contribution in [0.3, 0.4) is 0 Å². The summed E-state index contributed by atoms with van der Waals surface area (Å²) in [6, 6.07) is 1.33. The molecular formula is C28H36N4O6S2. The van der Waals surface area contributed by atoms with Crippen LogP contribution in [-0.2, 0) is 14.8 Å². The van der Waals surface area contributed by atoms with E-state index >= 15 is 0 Å². The van der Waals surface area contributed by atoms with Gasteiger partial charge in [0.15, 0.2) is 0 Å². The Morgan fingerprint density at radius 2 is 1.80 bits per heavy atom. The van der Waals surface area contributed by atoms with Gasteiger partial charge in [-0.1, -0.05) is 18.8 Å². The van der Waals surface area contributed by atoms with Crippen molar-refractivity contribution >= 4 is 38.9 Å². The number of carboxylic acid groups (broad SMARTS) is 1. The highest BCUT2D eigenvalue weighted by Gasteiger charge is 2.39. The number of nitrogens with zero attached hydrogens (tertiary/aromatic N) is 3. The molecule has 1 saturated carbocycles. The molecule has 2 N–H and O–H groups in total. The normalized spacial score (nSPS) is 20.9. The van der Waals surface area contributed by atoms with Gasteiger partial charge in [-0.2, -0.15) is 4.31 Å². The molecule has 216 valence electrons. The Kier molecular flexibility index (Phi) is 8.87. The summed E-state index contributed by atoms with van der Waals surface area (Å²) < 4.78 is 27.6. The number of nitrogens with one attached hydrogen (secondary N) is 1. The van der Waals surface area contributed by atoms with E-state index in [0.717, 1.165) is 49.4 Å². The molecule has 1 amide bonds. The number of thiophene rings is 1. The van der Waals surface area contributed by atoms with Crippen LogP contribution in [0.5, 0.6) is 0 Å². The van der Waals surface area contributed by atoms with E-state index in [4.69, 9.17) is 0 Å². The van der Waals surface area contributed by atoms with Crippen molar-refractivity contribution in [3.63, 3.8) is 0 Å². The third-order valence-electron chi connectivity index (χ3n) is 7.40. The summed E-state index contributed by atoms with van der Waals surface area (Å²) in [5.74, 6) is 5.33. The van der Waals surface area contributed by atoms with Gasteiger partial charge in [-0.05, 0) is 71.3 Å². The minimum atomic E-state index is -3.89. The summed E-state index contributed by atoms with van der Waals surface area (Å²) in [6.07, 6.45) is 6.19. The quantitative estimate of drug-likeness (QED) is 0.487. The highest BCUT2D eigenvalue weighted by Crippen LogP contribution is 2.38. The second-order valence-electron chi connectivity index (χ2n) is 11.7. The number of aromatic nitrogens is 2. The van der Waals surface area contributed by atoms with Gasteiger partial charge in [0.2, 0.25) is 15.9 Å². The van der Waals surface area contributed by atoms with Crippen molar-refractivity contribution in [1.82, 2.24) is 14.3 Å². The lowest BCUT2D eigenvalue weighted by molar-refractivity contribution is -0.124. The number of sulfonamides is 1. The van der Waals surface area contributed by atoms with Crippen LogP contribution in [0.15, 0.2) is 28.2 Å². The van der Waals surface area contributed by atoms with Crippen LogP contribution in [0, 0.1) is 29.1 Å². The number of rotatable bonds is 6. The molecule has 3 heterocycles. The Morgan fingerprint density at radius 3 is 2.35 bits per heavy atom. The van der Waals surface area contributed by atoms with Crippen LogP contribution in [0.4, 0.5) is 5.69 Å². The minimum absolute atomic E-state index is 0.0603. The van der Waals surface area contributed by atoms with E-state index in [-0.39, 0.29) is 46.1 Å². The number of piperidine rings is 1. The smallest absolute Gasteiger partial charge is 0.348 e. The summed E-state index contributed by atoms with van der Waals surface area (Å²) in [6.45, 7) is 8.36. The second-order valence-corrected chi connectivity index (χ2v) is 14.7. The minimum Gasteiger partial charge on any atom is -0.477 e. The maximum atomic E-state index is 14.1. The first-order chi connectivity index (χ1) is 18.8. The van der Waals surface area contributed by atoms with Gasteiger partial charge in [0.25, 0.3) is 0 Å². The first-order valence-corrected chi connectivity index (χ1v) is 15.8. The number of aromatic amines is 1. The molecule has 0 spiro atoms.